The van der Waals surface area contributed by atoms with Crippen LogP contribution in [0, 0.1) is 12.8 Å². The zero-order chi connectivity index (χ0) is 21.3. The van der Waals surface area contributed by atoms with E-state index in [1.165, 1.54) is 27.7 Å². The van der Waals surface area contributed by atoms with Crippen LogP contribution in [0.15, 0.2) is 65.2 Å². The fraction of sp³-hybridized carbons (Fsp3) is 0.179. The molecule has 5 aromatic rings. The summed E-state index contributed by atoms with van der Waals surface area (Å²) in [5.41, 5.74) is 8.92. The van der Waals surface area contributed by atoms with Gasteiger partial charge in [0.05, 0.1) is 5.69 Å². The summed E-state index contributed by atoms with van der Waals surface area (Å²) < 4.78 is 6.43. The van der Waals surface area contributed by atoms with Crippen molar-refractivity contribution in [3.63, 3.8) is 0 Å². The number of furan rings is 1. The van der Waals surface area contributed by atoms with E-state index in [9.17, 15) is 0 Å². The Kier molecular flexibility index (Phi) is 4.03. The van der Waals surface area contributed by atoms with Crippen LogP contribution in [-0.2, 0) is 0 Å². The third-order valence-corrected chi connectivity index (χ3v) is 6.41. The molecule has 2 nitrogen and oxygen atoms in total. The molecule has 0 aliphatic heterocycles. The zero-order valence-corrected chi connectivity index (χ0v) is 18.5. The minimum atomic E-state index is 0.504. The van der Waals surface area contributed by atoms with Crippen molar-refractivity contribution in [2.45, 2.75) is 27.2 Å². The number of para-hydroxylation sites is 1. The average Bonchev–Trinajstić information content (AvgIpc) is 3.24. The number of aryl methyl sites for hydroxylation is 1. The number of allylic oxidation sites excluding steroid dienone is 1. The second-order valence-corrected chi connectivity index (χ2v) is 9.39. The Morgan fingerprint density at radius 1 is 0.968 bits per heavy atom. The van der Waals surface area contributed by atoms with E-state index in [1.54, 1.807) is 0 Å². The lowest BCUT2D eigenvalue weighted by Crippen LogP contribution is -1.95. The molecule has 0 bridgehead atoms. The van der Waals surface area contributed by atoms with Crippen molar-refractivity contribution in [3.05, 3.63) is 88.2 Å². The van der Waals surface area contributed by atoms with Crippen LogP contribution in [0.5, 0.6) is 0 Å². The van der Waals surface area contributed by atoms with E-state index in [2.05, 4.69) is 57.2 Å². The van der Waals surface area contributed by atoms with Gasteiger partial charge in [-0.25, -0.2) is 0 Å². The largest absolute Gasteiger partial charge is 0.455 e. The summed E-state index contributed by atoms with van der Waals surface area (Å²) in [7, 11) is 0. The van der Waals surface area contributed by atoms with Gasteiger partial charge in [0.15, 0.2) is 0 Å². The van der Waals surface area contributed by atoms with Crippen LogP contribution < -0.4 is 0 Å². The van der Waals surface area contributed by atoms with Gasteiger partial charge in [0.1, 0.15) is 11.2 Å². The lowest BCUT2D eigenvalue weighted by atomic mass is 9.91. The molecule has 3 heteroatoms. The van der Waals surface area contributed by atoms with Gasteiger partial charge in [-0.15, -0.1) is 0 Å². The van der Waals surface area contributed by atoms with Crippen molar-refractivity contribution in [3.8, 4) is 0 Å². The quantitative estimate of drug-likeness (QED) is 0.291. The number of hydrogen-bond acceptors (Lipinski definition) is 2. The third-order valence-electron chi connectivity index (χ3n) is 6.20. The molecule has 0 N–H and O–H groups in total. The Morgan fingerprint density at radius 2 is 1.81 bits per heavy atom. The molecule has 0 atom stereocenters. The predicted molar refractivity (Wildman–Crippen MR) is 131 cm³/mol. The van der Waals surface area contributed by atoms with Gasteiger partial charge in [-0.05, 0) is 77.7 Å². The molecular formula is C28H22ClNO. The molecule has 6 rings (SSSR count). The molecule has 3 aromatic carbocycles. The Hall–Kier alpha value is -3.10. The highest BCUT2D eigenvalue weighted by atomic mass is 35.5. The lowest BCUT2D eigenvalue weighted by Gasteiger charge is -2.13. The first kappa shape index (κ1) is 18.7. The molecule has 0 amide bonds. The summed E-state index contributed by atoms with van der Waals surface area (Å²) in [5, 5.41) is 5.40. The normalized spacial score (nSPS) is 13.5. The SMILES string of the molecule is Cc1cc(C2=C(CC(C)C)c3cc(Cl)cc4ccnc2c34)c2oc3ccccc3c2c1. The number of halogens is 1. The predicted octanol–water partition coefficient (Wildman–Crippen LogP) is 8.41. The van der Waals surface area contributed by atoms with Gasteiger partial charge in [0.2, 0.25) is 0 Å². The summed E-state index contributed by atoms with van der Waals surface area (Å²) in [5.74, 6) is 0.504. The van der Waals surface area contributed by atoms with Crippen molar-refractivity contribution in [2.75, 3.05) is 0 Å². The number of nitrogens with zero attached hydrogens (tertiary/aromatic N) is 1. The number of aromatic nitrogens is 1. The van der Waals surface area contributed by atoms with Crippen molar-refractivity contribution in [2.24, 2.45) is 5.92 Å². The second-order valence-electron chi connectivity index (χ2n) is 8.95. The molecule has 0 spiro atoms. The summed E-state index contributed by atoms with van der Waals surface area (Å²) in [6.07, 6.45) is 2.85. The van der Waals surface area contributed by atoms with E-state index in [1.807, 2.05) is 24.4 Å². The van der Waals surface area contributed by atoms with Gasteiger partial charge in [-0.3, -0.25) is 4.98 Å². The van der Waals surface area contributed by atoms with Crippen LogP contribution >= 0.6 is 11.6 Å². The number of pyridine rings is 1. The molecule has 1 aliphatic rings. The molecule has 31 heavy (non-hydrogen) atoms. The Bertz CT molecular complexity index is 1550. The summed E-state index contributed by atoms with van der Waals surface area (Å²) in [6.45, 7) is 6.67. The molecule has 152 valence electrons. The lowest BCUT2D eigenvalue weighted by molar-refractivity contribution is 0.666. The molecule has 0 fully saturated rings. The highest BCUT2D eigenvalue weighted by Gasteiger charge is 2.29. The fourth-order valence-electron chi connectivity index (χ4n) is 5.05. The molecular weight excluding hydrogens is 402 g/mol. The average molecular weight is 424 g/mol. The van der Waals surface area contributed by atoms with Crippen molar-refractivity contribution in [1.82, 2.24) is 4.98 Å². The monoisotopic (exact) mass is 423 g/mol. The topological polar surface area (TPSA) is 26.0 Å². The smallest absolute Gasteiger partial charge is 0.143 e. The summed E-state index contributed by atoms with van der Waals surface area (Å²) in [6, 6.07) is 18.9. The molecule has 2 heterocycles. The molecule has 2 aromatic heterocycles. The molecule has 0 unspecified atom stereocenters. The first-order valence-electron chi connectivity index (χ1n) is 10.8. The van der Waals surface area contributed by atoms with Crippen molar-refractivity contribution >= 4 is 55.5 Å². The minimum Gasteiger partial charge on any atom is -0.455 e. The summed E-state index contributed by atoms with van der Waals surface area (Å²) >= 11 is 6.53. The van der Waals surface area contributed by atoms with E-state index in [0.717, 1.165) is 50.0 Å². The molecule has 0 radical (unpaired) electrons. The highest BCUT2D eigenvalue weighted by Crippen LogP contribution is 2.49. The van der Waals surface area contributed by atoms with Gasteiger partial charge in [-0.1, -0.05) is 43.6 Å². The highest BCUT2D eigenvalue weighted by molar-refractivity contribution is 6.32. The number of benzene rings is 3. The maximum Gasteiger partial charge on any atom is 0.143 e. The fourth-order valence-corrected chi connectivity index (χ4v) is 5.28. The summed E-state index contributed by atoms with van der Waals surface area (Å²) in [4.78, 5) is 4.87. The standard InChI is InChI=1S/C28H22ClNO/c1-15(2)10-20-21-14-18(29)13-17-8-9-30-27(25(17)21)26(20)23-12-16(3)11-22-19-6-4-5-7-24(19)31-28(22)23/h4-9,11-15H,10H2,1-3H3. The number of rotatable bonds is 3. The van der Waals surface area contributed by atoms with Crippen molar-refractivity contribution in [1.29, 1.82) is 0 Å². The number of fused-ring (bicyclic) bond motifs is 3. The maximum atomic E-state index is 6.53. The van der Waals surface area contributed by atoms with Crippen LogP contribution in [0.4, 0.5) is 0 Å². The van der Waals surface area contributed by atoms with E-state index in [0.29, 0.717) is 5.92 Å². The van der Waals surface area contributed by atoms with Gasteiger partial charge < -0.3 is 4.42 Å². The van der Waals surface area contributed by atoms with Crippen LogP contribution in [0.2, 0.25) is 5.02 Å². The van der Waals surface area contributed by atoms with Crippen LogP contribution in [0.1, 0.15) is 42.7 Å². The second kappa shape index (κ2) is 6.70. The van der Waals surface area contributed by atoms with Crippen molar-refractivity contribution < 1.29 is 4.42 Å². The molecule has 0 saturated carbocycles. The number of hydrogen-bond donors (Lipinski definition) is 0. The first-order valence-corrected chi connectivity index (χ1v) is 11.1. The third kappa shape index (κ3) is 2.75. The van der Waals surface area contributed by atoms with Crippen LogP contribution in [0.25, 0.3) is 43.9 Å². The van der Waals surface area contributed by atoms with Gasteiger partial charge >= 0.3 is 0 Å². The van der Waals surface area contributed by atoms with E-state index in [4.69, 9.17) is 21.0 Å². The zero-order valence-electron chi connectivity index (χ0n) is 17.8. The molecule has 1 aliphatic carbocycles. The van der Waals surface area contributed by atoms with Gasteiger partial charge in [-0.2, -0.15) is 0 Å². The first-order chi connectivity index (χ1) is 15.0. The Labute approximate surface area is 186 Å². The Balaban J connectivity index is 1.76. The van der Waals surface area contributed by atoms with Crippen LogP contribution in [-0.4, -0.2) is 4.98 Å². The van der Waals surface area contributed by atoms with E-state index in [-0.39, 0.29) is 0 Å². The van der Waals surface area contributed by atoms with Gasteiger partial charge in [0.25, 0.3) is 0 Å². The molecule has 0 saturated heterocycles. The Morgan fingerprint density at radius 3 is 2.65 bits per heavy atom. The van der Waals surface area contributed by atoms with E-state index < -0.39 is 0 Å². The van der Waals surface area contributed by atoms with Crippen LogP contribution in [0.3, 0.4) is 0 Å². The van der Waals surface area contributed by atoms with Gasteiger partial charge in [0, 0.05) is 38.5 Å². The minimum absolute atomic E-state index is 0.504. The maximum absolute atomic E-state index is 6.53. The van der Waals surface area contributed by atoms with E-state index >= 15 is 0 Å².